The van der Waals surface area contributed by atoms with Crippen molar-refractivity contribution in [2.45, 2.75) is 26.9 Å². The fourth-order valence-corrected chi connectivity index (χ4v) is 2.29. The van der Waals surface area contributed by atoms with Crippen molar-refractivity contribution < 1.29 is 19.1 Å². The molecule has 0 aromatic heterocycles. The van der Waals surface area contributed by atoms with Gasteiger partial charge >= 0.3 is 5.97 Å². The number of ketones is 1. The van der Waals surface area contributed by atoms with E-state index in [1.807, 2.05) is 0 Å². The van der Waals surface area contributed by atoms with Gasteiger partial charge in [-0.1, -0.05) is 42.5 Å². The number of nitrogens with one attached hydrogen (secondary N) is 1. The molecule has 24 heavy (non-hydrogen) atoms. The van der Waals surface area contributed by atoms with Gasteiger partial charge in [0.2, 0.25) is 11.7 Å². The van der Waals surface area contributed by atoms with Crippen molar-refractivity contribution in [2.75, 3.05) is 5.32 Å². The summed E-state index contributed by atoms with van der Waals surface area (Å²) in [6, 6.07) is 13.7. The first-order valence-corrected chi connectivity index (χ1v) is 7.57. The summed E-state index contributed by atoms with van der Waals surface area (Å²) in [7, 11) is 0. The van der Waals surface area contributed by atoms with Crippen LogP contribution in [0.15, 0.2) is 48.5 Å². The normalized spacial score (nSPS) is 11.5. The lowest BCUT2D eigenvalue weighted by Gasteiger charge is -2.15. The minimum atomic E-state index is -0.925. The van der Waals surface area contributed by atoms with Crippen LogP contribution >= 0.6 is 0 Å². The smallest absolute Gasteiger partial charge is 0.340 e. The lowest BCUT2D eigenvalue weighted by Crippen LogP contribution is -2.25. The van der Waals surface area contributed by atoms with E-state index in [0.29, 0.717) is 11.3 Å². The number of Topliss-reactive ketones (excluding diaryl/α,β-unsaturated/α-hetero) is 1. The minimum absolute atomic E-state index is 0.220. The van der Waals surface area contributed by atoms with Crippen LogP contribution in [0.25, 0.3) is 0 Å². The average molecular weight is 325 g/mol. The maximum atomic E-state index is 12.4. The van der Waals surface area contributed by atoms with Crippen molar-refractivity contribution >= 4 is 23.3 Å². The molecule has 124 valence electrons. The molecule has 2 aromatic rings. The van der Waals surface area contributed by atoms with Crippen molar-refractivity contribution in [2.24, 2.45) is 0 Å². The number of carbonyl (C=O) groups is 3. The maximum absolute atomic E-state index is 12.4. The summed E-state index contributed by atoms with van der Waals surface area (Å²) in [6.07, 6.45) is -0.925. The van der Waals surface area contributed by atoms with Gasteiger partial charge in [0.1, 0.15) is 0 Å². The van der Waals surface area contributed by atoms with Gasteiger partial charge in [-0.2, -0.15) is 0 Å². The van der Waals surface area contributed by atoms with Crippen molar-refractivity contribution in [1.29, 1.82) is 0 Å². The summed E-state index contributed by atoms with van der Waals surface area (Å²) in [5, 5.41) is 2.63. The highest BCUT2D eigenvalue weighted by molar-refractivity contribution is 6.04. The van der Waals surface area contributed by atoms with Crippen LogP contribution in [-0.4, -0.2) is 23.8 Å². The summed E-state index contributed by atoms with van der Waals surface area (Å²) in [5.74, 6) is -1.22. The number of hydrogen-bond donors (Lipinski definition) is 1. The van der Waals surface area contributed by atoms with Crippen molar-refractivity contribution in [1.82, 2.24) is 0 Å². The summed E-state index contributed by atoms with van der Waals surface area (Å²) in [6.45, 7) is 4.67. The minimum Gasteiger partial charge on any atom is -0.451 e. The quantitative estimate of drug-likeness (QED) is 0.675. The number of ether oxygens (including phenoxy) is 1. The number of para-hydroxylation sites is 1. The molecule has 2 aromatic carbocycles. The number of carbonyl (C=O) groups excluding carboxylic acids is 3. The lowest BCUT2D eigenvalue weighted by atomic mass is 10.1. The molecule has 0 aliphatic carbocycles. The highest BCUT2D eigenvalue weighted by atomic mass is 16.5. The van der Waals surface area contributed by atoms with E-state index in [1.165, 1.54) is 13.8 Å². The standard InChI is InChI=1S/C19H19NO4/c1-12-8-7-11-16(17(12)20-14(3)21)19(23)24-13(2)18(22)15-9-5-4-6-10-15/h4-11,13H,1-3H3,(H,20,21)/t13-/m1/s1. The number of rotatable bonds is 5. The zero-order chi connectivity index (χ0) is 17.7. The summed E-state index contributed by atoms with van der Waals surface area (Å²) >= 11 is 0. The zero-order valence-electron chi connectivity index (χ0n) is 13.8. The molecule has 1 atom stereocenters. The molecule has 0 fully saturated rings. The third-order valence-electron chi connectivity index (χ3n) is 3.51. The second-order valence-electron chi connectivity index (χ2n) is 5.46. The molecule has 1 amide bonds. The average Bonchev–Trinajstić information content (AvgIpc) is 2.56. The van der Waals surface area contributed by atoms with Gasteiger partial charge in [-0.25, -0.2) is 4.79 Å². The molecule has 0 aliphatic rings. The van der Waals surface area contributed by atoms with E-state index in [0.717, 1.165) is 5.56 Å². The van der Waals surface area contributed by atoms with Crippen LogP contribution in [0, 0.1) is 6.92 Å². The third-order valence-corrected chi connectivity index (χ3v) is 3.51. The van der Waals surface area contributed by atoms with Gasteiger partial charge < -0.3 is 10.1 Å². The Morgan fingerprint density at radius 2 is 1.67 bits per heavy atom. The molecule has 5 heteroatoms. The first-order chi connectivity index (χ1) is 11.4. The molecule has 2 rings (SSSR count). The van der Waals surface area contributed by atoms with E-state index >= 15 is 0 Å². The Labute approximate surface area is 140 Å². The fraction of sp³-hybridized carbons (Fsp3) is 0.211. The first-order valence-electron chi connectivity index (χ1n) is 7.57. The Bertz CT molecular complexity index is 768. The molecule has 0 saturated heterocycles. The van der Waals surface area contributed by atoms with E-state index in [4.69, 9.17) is 4.74 Å². The Balaban J connectivity index is 2.19. The van der Waals surface area contributed by atoms with Crippen LogP contribution in [-0.2, 0) is 9.53 Å². The van der Waals surface area contributed by atoms with Gasteiger partial charge in [0.25, 0.3) is 0 Å². The van der Waals surface area contributed by atoms with E-state index in [9.17, 15) is 14.4 Å². The van der Waals surface area contributed by atoms with E-state index in [2.05, 4.69) is 5.32 Å². The second kappa shape index (κ2) is 7.55. The van der Waals surface area contributed by atoms with Gasteiger partial charge in [0.15, 0.2) is 6.10 Å². The summed E-state index contributed by atoms with van der Waals surface area (Å²) in [4.78, 5) is 36.1. The lowest BCUT2D eigenvalue weighted by molar-refractivity contribution is -0.114. The van der Waals surface area contributed by atoms with Crippen LogP contribution in [0.3, 0.4) is 0 Å². The third kappa shape index (κ3) is 4.07. The SMILES string of the molecule is CC(=O)Nc1c(C)cccc1C(=O)O[C@H](C)C(=O)c1ccccc1. The van der Waals surface area contributed by atoms with E-state index in [-0.39, 0.29) is 17.3 Å². The number of amides is 1. The van der Waals surface area contributed by atoms with Gasteiger partial charge in [0.05, 0.1) is 11.3 Å². The summed E-state index contributed by atoms with van der Waals surface area (Å²) < 4.78 is 5.29. The Morgan fingerprint density at radius 1 is 1.00 bits per heavy atom. The number of aryl methyl sites for hydroxylation is 1. The molecule has 0 aliphatic heterocycles. The molecule has 5 nitrogen and oxygen atoms in total. The van der Waals surface area contributed by atoms with Gasteiger partial charge in [-0.05, 0) is 25.5 Å². The molecular formula is C19H19NO4. The molecule has 0 radical (unpaired) electrons. The predicted octanol–water partition coefficient (Wildman–Crippen LogP) is 3.38. The molecule has 0 bridgehead atoms. The highest BCUT2D eigenvalue weighted by Gasteiger charge is 2.22. The zero-order valence-corrected chi connectivity index (χ0v) is 13.8. The largest absolute Gasteiger partial charge is 0.451 e. The monoisotopic (exact) mass is 325 g/mol. The van der Waals surface area contributed by atoms with Gasteiger partial charge in [-0.15, -0.1) is 0 Å². The summed E-state index contributed by atoms with van der Waals surface area (Å²) in [5.41, 5.74) is 1.83. The van der Waals surface area contributed by atoms with Crippen LogP contribution in [0.1, 0.15) is 40.1 Å². The number of anilines is 1. The van der Waals surface area contributed by atoms with Crippen LogP contribution in [0.2, 0.25) is 0 Å². The first kappa shape index (κ1) is 17.4. The predicted molar refractivity (Wildman–Crippen MR) is 91.1 cm³/mol. The Kier molecular flexibility index (Phi) is 5.47. The second-order valence-corrected chi connectivity index (χ2v) is 5.46. The van der Waals surface area contributed by atoms with E-state index < -0.39 is 12.1 Å². The number of hydrogen-bond acceptors (Lipinski definition) is 4. The number of benzene rings is 2. The molecule has 1 N–H and O–H groups in total. The Hall–Kier alpha value is -2.95. The van der Waals surface area contributed by atoms with Crippen LogP contribution < -0.4 is 5.32 Å². The Morgan fingerprint density at radius 3 is 2.29 bits per heavy atom. The number of esters is 1. The molecule has 0 saturated carbocycles. The molecular weight excluding hydrogens is 306 g/mol. The van der Waals surface area contributed by atoms with Crippen LogP contribution in [0.5, 0.6) is 0 Å². The maximum Gasteiger partial charge on any atom is 0.340 e. The van der Waals surface area contributed by atoms with Gasteiger partial charge in [0, 0.05) is 12.5 Å². The topological polar surface area (TPSA) is 72.5 Å². The molecule has 0 unspecified atom stereocenters. The van der Waals surface area contributed by atoms with Crippen molar-refractivity contribution in [3.8, 4) is 0 Å². The molecule has 0 heterocycles. The molecule has 0 spiro atoms. The van der Waals surface area contributed by atoms with Crippen molar-refractivity contribution in [3.05, 3.63) is 65.2 Å². The fourth-order valence-electron chi connectivity index (χ4n) is 2.29. The highest BCUT2D eigenvalue weighted by Crippen LogP contribution is 2.22. The van der Waals surface area contributed by atoms with Crippen molar-refractivity contribution in [3.63, 3.8) is 0 Å². The van der Waals surface area contributed by atoms with Gasteiger partial charge in [-0.3, -0.25) is 9.59 Å². The van der Waals surface area contributed by atoms with Crippen LogP contribution in [0.4, 0.5) is 5.69 Å². The van der Waals surface area contributed by atoms with E-state index in [1.54, 1.807) is 55.5 Å².